The summed E-state index contributed by atoms with van der Waals surface area (Å²) in [5.74, 6) is 0.454. The number of ether oxygens (including phenoxy) is 1. The number of aromatic nitrogens is 1. The summed E-state index contributed by atoms with van der Waals surface area (Å²) in [5.41, 5.74) is 6.44. The number of aliphatic carboxylic acids is 1. The minimum Gasteiger partial charge on any atom is -0.495 e. The maximum Gasteiger partial charge on any atom is 0.303 e. The molecule has 2 N–H and O–H groups in total. The number of anilines is 1. The van der Waals surface area contributed by atoms with Crippen LogP contribution < -0.4 is 10.1 Å². The van der Waals surface area contributed by atoms with E-state index < -0.39 is 5.97 Å². The molecule has 0 saturated heterocycles. The molecule has 0 spiro atoms. The number of ketones is 1. The zero-order chi connectivity index (χ0) is 26.2. The Kier molecular flexibility index (Phi) is 9.34. The van der Waals surface area contributed by atoms with Gasteiger partial charge in [0.1, 0.15) is 5.75 Å². The zero-order valence-electron chi connectivity index (χ0n) is 22.1. The lowest BCUT2D eigenvalue weighted by molar-refractivity contribution is -0.137. The van der Waals surface area contributed by atoms with Crippen LogP contribution in [0, 0.1) is 5.92 Å². The molecule has 0 saturated carbocycles. The Morgan fingerprint density at radius 3 is 2.36 bits per heavy atom. The van der Waals surface area contributed by atoms with Gasteiger partial charge in [0.2, 0.25) is 0 Å². The molecular weight excluding hydrogens is 452 g/mol. The molecule has 0 fully saturated rings. The van der Waals surface area contributed by atoms with Crippen molar-refractivity contribution in [2.24, 2.45) is 13.0 Å². The molecule has 1 heterocycles. The van der Waals surface area contributed by atoms with Crippen molar-refractivity contribution in [2.45, 2.75) is 59.4 Å². The third-order valence-electron chi connectivity index (χ3n) is 6.47. The highest BCUT2D eigenvalue weighted by atomic mass is 16.5. The van der Waals surface area contributed by atoms with Gasteiger partial charge in [0.05, 0.1) is 12.8 Å². The molecule has 3 rings (SSSR count). The zero-order valence-corrected chi connectivity index (χ0v) is 22.1. The Hall–Kier alpha value is -3.54. The summed E-state index contributed by atoms with van der Waals surface area (Å²) in [6.45, 7) is 7.08. The molecule has 2 aromatic carbocycles. The van der Waals surface area contributed by atoms with Gasteiger partial charge in [-0.25, -0.2) is 0 Å². The smallest absolute Gasteiger partial charge is 0.303 e. The van der Waals surface area contributed by atoms with Crippen molar-refractivity contribution in [3.8, 4) is 5.75 Å². The molecule has 6 heteroatoms. The molecule has 36 heavy (non-hydrogen) atoms. The first-order valence-corrected chi connectivity index (χ1v) is 12.7. The lowest BCUT2D eigenvalue weighted by Gasteiger charge is -2.14. The number of methoxy groups -OCH3 is 1. The molecule has 0 aliphatic carbocycles. The van der Waals surface area contributed by atoms with Crippen LogP contribution in [0.2, 0.25) is 0 Å². The predicted octanol–water partition coefficient (Wildman–Crippen LogP) is 6.05. The van der Waals surface area contributed by atoms with Gasteiger partial charge in [0.25, 0.3) is 0 Å². The molecule has 0 radical (unpaired) electrons. The average molecular weight is 491 g/mol. The van der Waals surface area contributed by atoms with Gasteiger partial charge >= 0.3 is 5.97 Å². The molecule has 0 aliphatic rings. The van der Waals surface area contributed by atoms with Crippen molar-refractivity contribution in [3.05, 3.63) is 82.2 Å². The van der Waals surface area contributed by atoms with E-state index in [1.807, 2.05) is 36.7 Å². The van der Waals surface area contributed by atoms with E-state index in [1.54, 1.807) is 13.2 Å². The van der Waals surface area contributed by atoms with Crippen LogP contribution in [-0.4, -0.2) is 28.5 Å². The summed E-state index contributed by atoms with van der Waals surface area (Å²) >= 11 is 0. The molecule has 0 atom stereocenters. The van der Waals surface area contributed by atoms with Crippen molar-refractivity contribution in [1.82, 2.24) is 4.57 Å². The Labute approximate surface area is 214 Å². The fourth-order valence-electron chi connectivity index (χ4n) is 4.59. The van der Waals surface area contributed by atoms with Crippen molar-refractivity contribution in [3.63, 3.8) is 0 Å². The number of hydrogen-bond acceptors (Lipinski definition) is 4. The van der Waals surface area contributed by atoms with Crippen LogP contribution in [0.5, 0.6) is 5.75 Å². The molecule has 0 unspecified atom stereocenters. The second kappa shape index (κ2) is 12.4. The molecule has 0 aliphatic heterocycles. The van der Waals surface area contributed by atoms with Gasteiger partial charge < -0.3 is 19.7 Å². The summed E-state index contributed by atoms with van der Waals surface area (Å²) in [7, 11) is 3.57. The number of carboxylic acid groups (broad SMARTS) is 1. The SMILES string of the molecule is CCc1c(C(=O)c2ccc(OC)c(NCc3ccc(CC(C)C)cc3)c2)cc(CCCC(=O)O)n1C. The predicted molar refractivity (Wildman–Crippen MR) is 144 cm³/mol. The molecule has 6 nitrogen and oxygen atoms in total. The maximum absolute atomic E-state index is 13.5. The van der Waals surface area contributed by atoms with Crippen LogP contribution in [0.4, 0.5) is 5.69 Å². The van der Waals surface area contributed by atoms with Gasteiger partial charge in [-0.3, -0.25) is 9.59 Å². The number of nitrogens with zero attached hydrogens (tertiary/aromatic N) is 1. The monoisotopic (exact) mass is 490 g/mol. The fraction of sp³-hybridized carbons (Fsp3) is 0.400. The van der Waals surface area contributed by atoms with E-state index in [2.05, 4.69) is 43.4 Å². The normalized spacial score (nSPS) is 11.1. The Morgan fingerprint density at radius 1 is 1.06 bits per heavy atom. The number of aryl methyl sites for hydroxylation is 1. The fourth-order valence-corrected chi connectivity index (χ4v) is 4.59. The molecule has 1 aromatic heterocycles. The Balaban J connectivity index is 1.80. The van der Waals surface area contributed by atoms with Gasteiger partial charge in [-0.2, -0.15) is 0 Å². The van der Waals surface area contributed by atoms with Crippen LogP contribution in [-0.2, 0) is 37.6 Å². The van der Waals surface area contributed by atoms with Gasteiger partial charge in [0, 0.05) is 42.5 Å². The van der Waals surface area contributed by atoms with Crippen molar-refractivity contribution in [1.29, 1.82) is 0 Å². The minimum atomic E-state index is -0.805. The number of nitrogens with one attached hydrogen (secondary N) is 1. The first-order chi connectivity index (χ1) is 17.2. The number of carbonyl (C=O) groups excluding carboxylic acids is 1. The quantitative estimate of drug-likeness (QED) is 0.285. The van der Waals surface area contributed by atoms with E-state index in [-0.39, 0.29) is 12.2 Å². The van der Waals surface area contributed by atoms with E-state index in [9.17, 15) is 9.59 Å². The van der Waals surface area contributed by atoms with E-state index >= 15 is 0 Å². The lowest BCUT2D eigenvalue weighted by Crippen LogP contribution is -2.08. The lowest BCUT2D eigenvalue weighted by atomic mass is 10.0. The largest absolute Gasteiger partial charge is 0.495 e. The van der Waals surface area contributed by atoms with Crippen LogP contribution in [0.25, 0.3) is 0 Å². The number of benzene rings is 2. The van der Waals surface area contributed by atoms with Gasteiger partial charge in [-0.1, -0.05) is 45.0 Å². The number of rotatable bonds is 13. The summed E-state index contributed by atoms with van der Waals surface area (Å²) in [6.07, 6.45) is 3.05. The highest BCUT2D eigenvalue weighted by Gasteiger charge is 2.20. The molecule has 3 aromatic rings. The van der Waals surface area contributed by atoms with Crippen LogP contribution in [0.3, 0.4) is 0 Å². The first-order valence-electron chi connectivity index (χ1n) is 12.7. The Morgan fingerprint density at radius 2 is 1.75 bits per heavy atom. The third-order valence-corrected chi connectivity index (χ3v) is 6.47. The van der Waals surface area contributed by atoms with Crippen molar-refractivity contribution >= 4 is 17.4 Å². The van der Waals surface area contributed by atoms with Crippen molar-refractivity contribution in [2.75, 3.05) is 12.4 Å². The molecule has 192 valence electrons. The number of carboxylic acids is 1. The van der Waals surface area contributed by atoms with Crippen LogP contribution in [0.15, 0.2) is 48.5 Å². The summed E-state index contributed by atoms with van der Waals surface area (Å²) in [5, 5.41) is 12.4. The van der Waals surface area contributed by atoms with Crippen molar-refractivity contribution < 1.29 is 19.4 Å². The summed E-state index contributed by atoms with van der Waals surface area (Å²) in [6, 6.07) is 16.0. The summed E-state index contributed by atoms with van der Waals surface area (Å²) < 4.78 is 7.57. The van der Waals surface area contributed by atoms with Gasteiger partial charge in [0.15, 0.2) is 5.78 Å². The molecule has 0 amide bonds. The molecule has 0 bridgehead atoms. The molecular formula is C30H38N2O4. The van der Waals surface area contributed by atoms with Crippen LogP contribution >= 0.6 is 0 Å². The highest BCUT2D eigenvalue weighted by Crippen LogP contribution is 2.29. The van der Waals surface area contributed by atoms with Crippen LogP contribution in [0.1, 0.15) is 72.0 Å². The average Bonchev–Trinajstić information content (AvgIpc) is 3.17. The van der Waals surface area contributed by atoms with Gasteiger partial charge in [-0.15, -0.1) is 0 Å². The second-order valence-electron chi connectivity index (χ2n) is 9.67. The maximum atomic E-state index is 13.5. The van der Waals surface area contributed by atoms with E-state index in [0.29, 0.717) is 48.6 Å². The third kappa shape index (κ3) is 6.78. The van der Waals surface area contributed by atoms with E-state index in [0.717, 1.165) is 29.1 Å². The second-order valence-corrected chi connectivity index (χ2v) is 9.67. The minimum absolute atomic E-state index is 0.0457. The number of hydrogen-bond donors (Lipinski definition) is 2. The summed E-state index contributed by atoms with van der Waals surface area (Å²) in [4.78, 5) is 24.4. The van der Waals surface area contributed by atoms with E-state index in [4.69, 9.17) is 9.84 Å². The highest BCUT2D eigenvalue weighted by molar-refractivity contribution is 6.10. The first kappa shape index (κ1) is 27.1. The van der Waals surface area contributed by atoms with E-state index in [1.165, 1.54) is 5.56 Å². The topological polar surface area (TPSA) is 80.6 Å². The Bertz CT molecular complexity index is 1190. The van der Waals surface area contributed by atoms with Gasteiger partial charge in [-0.05, 0) is 67.0 Å². The number of carbonyl (C=O) groups is 2. The standard InChI is InChI=1S/C30H38N2O4/c1-6-27-25(18-24(32(27)4)8-7-9-29(33)34)30(35)23-14-15-28(36-5)26(17-23)31-19-22-12-10-21(11-13-22)16-20(2)3/h10-15,17-18,20,31H,6-9,16,19H2,1-5H3,(H,33,34).